The van der Waals surface area contributed by atoms with Crippen LogP contribution in [0.2, 0.25) is 0 Å². The monoisotopic (exact) mass is 394 g/mol. The average molecular weight is 395 g/mol. The summed E-state index contributed by atoms with van der Waals surface area (Å²) in [5, 5.41) is 0. The second-order valence-corrected chi connectivity index (χ2v) is 9.20. The van der Waals surface area contributed by atoms with Gasteiger partial charge >= 0.3 is 6.11 Å². The Morgan fingerprint density at radius 2 is 1.63 bits per heavy atom. The summed E-state index contributed by atoms with van der Waals surface area (Å²) in [6.45, 7) is 6.10. The van der Waals surface area contributed by atoms with Crippen LogP contribution in [0.3, 0.4) is 0 Å². The molecule has 160 valence electrons. The van der Waals surface area contributed by atoms with Crippen molar-refractivity contribution in [1.82, 2.24) is 0 Å². The average Bonchev–Trinajstić information content (AvgIpc) is 2.63. The van der Waals surface area contributed by atoms with E-state index < -0.39 is 36.4 Å². The highest BCUT2D eigenvalue weighted by molar-refractivity contribution is 4.89. The highest BCUT2D eigenvalue weighted by Crippen LogP contribution is 2.43. The third kappa shape index (κ3) is 6.61. The van der Waals surface area contributed by atoms with Crippen LogP contribution in [0.25, 0.3) is 0 Å². The van der Waals surface area contributed by atoms with Crippen molar-refractivity contribution in [2.24, 2.45) is 23.7 Å². The zero-order valence-corrected chi connectivity index (χ0v) is 17.2. The first-order chi connectivity index (χ1) is 12.7. The molecule has 0 aromatic carbocycles. The zero-order chi connectivity index (χ0) is 20.0. The van der Waals surface area contributed by atoms with Gasteiger partial charge in [-0.05, 0) is 56.3 Å². The maximum Gasteiger partial charge on any atom is 0.358 e. The number of hydrogen-bond donors (Lipinski definition) is 0. The largest absolute Gasteiger partial charge is 0.358 e. The standard InChI is InChI=1S/C22H38F4O/c1-4-6-15(2)7-5-8-17-10-12-18(13-11-17)22(25,26)27-19-14-9-16(3)20(23)21(19)24/h15-21H,4-14H2,1-3H3. The van der Waals surface area contributed by atoms with Crippen LogP contribution in [0.15, 0.2) is 0 Å². The van der Waals surface area contributed by atoms with E-state index in [1.807, 2.05) is 0 Å². The lowest BCUT2D eigenvalue weighted by molar-refractivity contribution is -0.312. The molecule has 0 saturated heterocycles. The van der Waals surface area contributed by atoms with Gasteiger partial charge in [0.2, 0.25) is 0 Å². The first-order valence-electron chi connectivity index (χ1n) is 11.1. The van der Waals surface area contributed by atoms with Crippen LogP contribution < -0.4 is 0 Å². The molecule has 5 atom stereocenters. The number of ether oxygens (including phenoxy) is 1. The molecule has 5 heteroatoms. The van der Waals surface area contributed by atoms with Gasteiger partial charge in [-0.3, -0.25) is 0 Å². The number of alkyl halides is 4. The van der Waals surface area contributed by atoms with Gasteiger partial charge in [0.1, 0.15) is 6.17 Å². The number of rotatable bonds is 9. The molecule has 0 amide bonds. The van der Waals surface area contributed by atoms with E-state index in [1.165, 1.54) is 25.7 Å². The Morgan fingerprint density at radius 3 is 2.26 bits per heavy atom. The molecule has 2 aliphatic rings. The van der Waals surface area contributed by atoms with Crippen LogP contribution in [0, 0.1) is 23.7 Å². The van der Waals surface area contributed by atoms with E-state index in [9.17, 15) is 17.6 Å². The summed E-state index contributed by atoms with van der Waals surface area (Å²) in [7, 11) is 0. The SMILES string of the molecule is CCCC(C)CCCC1CCC(C(F)(F)OC2CCC(C)C(F)C2F)CC1. The maximum atomic E-state index is 14.5. The molecule has 0 N–H and O–H groups in total. The molecule has 0 spiro atoms. The Labute approximate surface area is 162 Å². The van der Waals surface area contributed by atoms with Crippen LogP contribution in [-0.4, -0.2) is 24.6 Å². The molecule has 2 saturated carbocycles. The fourth-order valence-electron chi connectivity index (χ4n) is 4.87. The first-order valence-corrected chi connectivity index (χ1v) is 11.1. The second-order valence-electron chi connectivity index (χ2n) is 9.20. The predicted molar refractivity (Wildman–Crippen MR) is 101 cm³/mol. The summed E-state index contributed by atoms with van der Waals surface area (Å²) < 4.78 is 61.9. The van der Waals surface area contributed by atoms with Gasteiger partial charge in [-0.2, -0.15) is 8.78 Å². The minimum Gasteiger partial charge on any atom is -0.314 e. The summed E-state index contributed by atoms with van der Waals surface area (Å²) in [5.74, 6) is -0.0258. The Morgan fingerprint density at radius 1 is 0.963 bits per heavy atom. The third-order valence-corrected chi connectivity index (χ3v) is 6.83. The molecule has 27 heavy (non-hydrogen) atoms. The van der Waals surface area contributed by atoms with Crippen molar-refractivity contribution in [1.29, 1.82) is 0 Å². The lowest BCUT2D eigenvalue weighted by Crippen LogP contribution is -2.47. The van der Waals surface area contributed by atoms with Gasteiger partial charge in [0.05, 0.1) is 12.0 Å². The third-order valence-electron chi connectivity index (χ3n) is 6.83. The number of hydrogen-bond acceptors (Lipinski definition) is 1. The van der Waals surface area contributed by atoms with Crippen molar-refractivity contribution in [3.8, 4) is 0 Å². The van der Waals surface area contributed by atoms with Crippen LogP contribution in [0.5, 0.6) is 0 Å². The van der Waals surface area contributed by atoms with E-state index in [1.54, 1.807) is 6.92 Å². The topological polar surface area (TPSA) is 9.23 Å². The molecule has 1 nitrogen and oxygen atoms in total. The summed E-state index contributed by atoms with van der Waals surface area (Å²) in [6, 6.07) is 0. The van der Waals surface area contributed by atoms with Gasteiger partial charge in [0, 0.05) is 0 Å². The van der Waals surface area contributed by atoms with E-state index in [4.69, 9.17) is 4.74 Å². The molecule has 2 aliphatic carbocycles. The molecular weight excluding hydrogens is 356 g/mol. The fourth-order valence-corrected chi connectivity index (χ4v) is 4.87. The smallest absolute Gasteiger partial charge is 0.314 e. The Balaban J connectivity index is 1.74. The van der Waals surface area contributed by atoms with Crippen molar-refractivity contribution in [3.05, 3.63) is 0 Å². The minimum absolute atomic E-state index is 0.170. The number of halogens is 4. The molecule has 0 bridgehead atoms. The van der Waals surface area contributed by atoms with Crippen molar-refractivity contribution in [2.45, 2.75) is 116 Å². The summed E-state index contributed by atoms with van der Waals surface area (Å²) in [5.41, 5.74) is 0. The lowest BCUT2D eigenvalue weighted by atomic mass is 9.78. The lowest BCUT2D eigenvalue weighted by Gasteiger charge is -2.38. The second kappa shape index (κ2) is 10.5. The molecule has 0 aromatic heterocycles. The molecule has 0 aliphatic heterocycles. The maximum absolute atomic E-state index is 14.5. The van der Waals surface area contributed by atoms with Gasteiger partial charge in [-0.25, -0.2) is 8.78 Å². The van der Waals surface area contributed by atoms with Gasteiger partial charge < -0.3 is 4.74 Å². The van der Waals surface area contributed by atoms with Crippen molar-refractivity contribution < 1.29 is 22.3 Å². The summed E-state index contributed by atoms with van der Waals surface area (Å²) in [6.07, 6.45) is 0.639. The Bertz CT molecular complexity index is 423. The highest BCUT2D eigenvalue weighted by Gasteiger charge is 2.48. The normalized spacial score (nSPS) is 36.6. The van der Waals surface area contributed by atoms with Gasteiger partial charge in [0.25, 0.3) is 0 Å². The van der Waals surface area contributed by atoms with Crippen molar-refractivity contribution in [3.63, 3.8) is 0 Å². The first kappa shape index (κ1) is 23.0. The van der Waals surface area contributed by atoms with E-state index in [0.29, 0.717) is 25.2 Å². The quantitative estimate of drug-likeness (QED) is 0.368. The van der Waals surface area contributed by atoms with Crippen LogP contribution in [-0.2, 0) is 4.74 Å². The zero-order valence-electron chi connectivity index (χ0n) is 17.2. The van der Waals surface area contributed by atoms with E-state index in [-0.39, 0.29) is 6.42 Å². The van der Waals surface area contributed by atoms with Crippen molar-refractivity contribution >= 4 is 0 Å². The van der Waals surface area contributed by atoms with E-state index >= 15 is 0 Å². The van der Waals surface area contributed by atoms with Gasteiger partial charge in [-0.1, -0.05) is 52.9 Å². The molecule has 0 heterocycles. The molecule has 2 rings (SSSR count). The van der Waals surface area contributed by atoms with Crippen molar-refractivity contribution in [2.75, 3.05) is 0 Å². The van der Waals surface area contributed by atoms with Gasteiger partial charge in [0.15, 0.2) is 6.17 Å². The van der Waals surface area contributed by atoms with Crippen LogP contribution in [0.4, 0.5) is 17.6 Å². The highest BCUT2D eigenvalue weighted by atomic mass is 19.3. The summed E-state index contributed by atoms with van der Waals surface area (Å²) >= 11 is 0. The molecule has 0 aromatic rings. The Kier molecular flexibility index (Phi) is 8.89. The molecule has 5 unspecified atom stereocenters. The van der Waals surface area contributed by atoms with Crippen LogP contribution in [0.1, 0.15) is 91.4 Å². The predicted octanol–water partition coefficient (Wildman–Crippen LogP) is 7.48. The van der Waals surface area contributed by atoms with E-state index in [0.717, 1.165) is 25.2 Å². The molecular formula is C22H38F4O. The van der Waals surface area contributed by atoms with E-state index in [2.05, 4.69) is 13.8 Å². The fraction of sp³-hybridized carbons (Fsp3) is 1.00. The Hall–Kier alpha value is -0.320. The van der Waals surface area contributed by atoms with Crippen LogP contribution >= 0.6 is 0 Å². The molecule has 2 fully saturated rings. The summed E-state index contributed by atoms with van der Waals surface area (Å²) in [4.78, 5) is 0. The van der Waals surface area contributed by atoms with Gasteiger partial charge in [-0.15, -0.1) is 0 Å². The molecule has 0 radical (unpaired) electrons. The minimum atomic E-state index is -3.35.